The minimum atomic E-state index is 0.0475. The summed E-state index contributed by atoms with van der Waals surface area (Å²) in [7, 11) is 0. The fraction of sp³-hybridized carbons (Fsp3) is 0.583. The summed E-state index contributed by atoms with van der Waals surface area (Å²) in [6.07, 6.45) is 1.56. The average Bonchev–Trinajstić information content (AvgIpc) is 2.49. The molecule has 15 heavy (non-hydrogen) atoms. The summed E-state index contributed by atoms with van der Waals surface area (Å²) in [6, 6.07) is 2.13. The molecule has 0 saturated heterocycles. The van der Waals surface area contributed by atoms with Gasteiger partial charge in [0.15, 0.2) is 0 Å². The second-order valence-corrected chi connectivity index (χ2v) is 4.29. The van der Waals surface area contributed by atoms with Gasteiger partial charge in [-0.25, -0.2) is 0 Å². The van der Waals surface area contributed by atoms with Gasteiger partial charge in [0.1, 0.15) is 5.76 Å². The Balaban J connectivity index is 2.96. The van der Waals surface area contributed by atoms with E-state index in [1.807, 2.05) is 39.5 Å². The van der Waals surface area contributed by atoms with E-state index in [9.17, 15) is 4.79 Å². The maximum absolute atomic E-state index is 12.2. The lowest BCUT2D eigenvalue weighted by Crippen LogP contribution is -2.42. The van der Waals surface area contributed by atoms with Crippen LogP contribution in [0.5, 0.6) is 0 Å². The number of hydrogen-bond acceptors (Lipinski definition) is 2. The van der Waals surface area contributed by atoms with Gasteiger partial charge in [-0.15, -0.1) is 0 Å². The van der Waals surface area contributed by atoms with E-state index in [1.54, 1.807) is 12.3 Å². The van der Waals surface area contributed by atoms with Crippen LogP contribution in [0.4, 0.5) is 0 Å². The summed E-state index contributed by atoms with van der Waals surface area (Å²) in [6.45, 7) is 9.90. The molecule has 84 valence electrons. The summed E-state index contributed by atoms with van der Waals surface area (Å²) in [5.41, 5.74) is 0.664. The Bertz CT molecular complexity index is 331. The number of carbonyl (C=O) groups is 1. The van der Waals surface area contributed by atoms with Crippen LogP contribution in [0.1, 0.15) is 43.8 Å². The molecule has 1 aromatic rings. The molecule has 0 bridgehead atoms. The van der Waals surface area contributed by atoms with Crippen LogP contribution in [0.25, 0.3) is 0 Å². The first kappa shape index (κ1) is 11.8. The highest BCUT2D eigenvalue weighted by atomic mass is 16.3. The fourth-order valence-electron chi connectivity index (χ4n) is 1.81. The molecule has 0 aliphatic heterocycles. The molecule has 0 unspecified atom stereocenters. The van der Waals surface area contributed by atoms with Crippen LogP contribution in [0.2, 0.25) is 0 Å². The maximum Gasteiger partial charge on any atom is 0.257 e. The lowest BCUT2D eigenvalue weighted by molar-refractivity contribution is 0.0642. The molecule has 0 radical (unpaired) electrons. The van der Waals surface area contributed by atoms with Gasteiger partial charge in [-0.1, -0.05) is 0 Å². The second kappa shape index (κ2) is 4.51. The van der Waals surface area contributed by atoms with Crippen molar-refractivity contribution in [1.29, 1.82) is 0 Å². The predicted molar refractivity (Wildman–Crippen MR) is 59.9 cm³/mol. The lowest BCUT2D eigenvalue weighted by Gasteiger charge is -2.30. The van der Waals surface area contributed by atoms with Crippen LogP contribution in [0.3, 0.4) is 0 Å². The first-order valence-corrected chi connectivity index (χ1v) is 5.32. The quantitative estimate of drug-likeness (QED) is 0.767. The first-order chi connectivity index (χ1) is 6.95. The van der Waals surface area contributed by atoms with Crippen molar-refractivity contribution < 1.29 is 9.21 Å². The molecule has 0 aliphatic rings. The average molecular weight is 209 g/mol. The molecule has 1 aromatic heterocycles. The number of carbonyl (C=O) groups excluding carboxylic acids is 1. The zero-order chi connectivity index (χ0) is 11.6. The molecule has 3 heteroatoms. The van der Waals surface area contributed by atoms with Gasteiger partial charge in [-0.3, -0.25) is 4.79 Å². The van der Waals surface area contributed by atoms with Crippen LogP contribution >= 0.6 is 0 Å². The third kappa shape index (κ3) is 2.41. The standard InChI is InChI=1S/C12H19NO2/c1-8(2)13(9(3)4)12(14)11-6-7-15-10(11)5/h6-9H,1-5H3. The molecule has 0 aliphatic carbocycles. The Morgan fingerprint density at radius 2 is 1.80 bits per heavy atom. The van der Waals surface area contributed by atoms with Gasteiger partial charge in [0.05, 0.1) is 11.8 Å². The third-order valence-electron chi connectivity index (χ3n) is 2.44. The molecule has 1 rings (SSSR count). The number of aryl methyl sites for hydroxylation is 1. The van der Waals surface area contributed by atoms with Crippen molar-refractivity contribution in [3.63, 3.8) is 0 Å². The highest BCUT2D eigenvalue weighted by Gasteiger charge is 2.23. The van der Waals surface area contributed by atoms with E-state index >= 15 is 0 Å². The molecule has 0 atom stereocenters. The van der Waals surface area contributed by atoms with Gasteiger partial charge in [-0.2, -0.15) is 0 Å². The number of amides is 1. The minimum Gasteiger partial charge on any atom is -0.469 e. The number of rotatable bonds is 3. The number of hydrogen-bond donors (Lipinski definition) is 0. The van der Waals surface area contributed by atoms with Crippen LogP contribution in [-0.2, 0) is 0 Å². The van der Waals surface area contributed by atoms with Crippen LogP contribution in [0, 0.1) is 6.92 Å². The Kier molecular flexibility index (Phi) is 3.56. The molecular weight excluding hydrogens is 190 g/mol. The number of furan rings is 1. The zero-order valence-electron chi connectivity index (χ0n) is 10.1. The van der Waals surface area contributed by atoms with E-state index in [4.69, 9.17) is 4.42 Å². The summed E-state index contributed by atoms with van der Waals surface area (Å²) >= 11 is 0. The van der Waals surface area contributed by atoms with E-state index in [-0.39, 0.29) is 18.0 Å². The van der Waals surface area contributed by atoms with Crippen LogP contribution < -0.4 is 0 Å². The fourth-order valence-corrected chi connectivity index (χ4v) is 1.81. The van der Waals surface area contributed by atoms with Crippen molar-refractivity contribution in [2.45, 2.75) is 46.7 Å². The van der Waals surface area contributed by atoms with E-state index < -0.39 is 0 Å². The lowest BCUT2D eigenvalue weighted by atomic mass is 10.1. The summed E-state index contributed by atoms with van der Waals surface area (Å²) in [5.74, 6) is 0.734. The Morgan fingerprint density at radius 1 is 1.27 bits per heavy atom. The minimum absolute atomic E-state index is 0.0475. The monoisotopic (exact) mass is 209 g/mol. The van der Waals surface area contributed by atoms with E-state index in [0.29, 0.717) is 11.3 Å². The third-order valence-corrected chi connectivity index (χ3v) is 2.44. The molecule has 0 aromatic carbocycles. The molecule has 3 nitrogen and oxygen atoms in total. The Hall–Kier alpha value is -1.25. The smallest absolute Gasteiger partial charge is 0.257 e. The van der Waals surface area contributed by atoms with Gasteiger partial charge >= 0.3 is 0 Å². The SMILES string of the molecule is Cc1occc1C(=O)N(C(C)C)C(C)C. The van der Waals surface area contributed by atoms with Crippen LogP contribution in [0.15, 0.2) is 16.7 Å². The summed E-state index contributed by atoms with van der Waals surface area (Å²) < 4.78 is 5.15. The first-order valence-electron chi connectivity index (χ1n) is 5.32. The molecule has 0 spiro atoms. The zero-order valence-corrected chi connectivity index (χ0v) is 10.1. The van der Waals surface area contributed by atoms with Gasteiger partial charge in [-0.05, 0) is 40.7 Å². The van der Waals surface area contributed by atoms with Crippen molar-refractivity contribution in [3.8, 4) is 0 Å². The number of nitrogens with zero attached hydrogens (tertiary/aromatic N) is 1. The van der Waals surface area contributed by atoms with Crippen molar-refractivity contribution in [2.75, 3.05) is 0 Å². The molecule has 1 amide bonds. The maximum atomic E-state index is 12.2. The Morgan fingerprint density at radius 3 is 2.13 bits per heavy atom. The Labute approximate surface area is 91.1 Å². The molecular formula is C12H19NO2. The van der Waals surface area contributed by atoms with E-state index in [0.717, 1.165) is 0 Å². The largest absolute Gasteiger partial charge is 0.469 e. The normalized spacial score (nSPS) is 11.1. The van der Waals surface area contributed by atoms with Crippen molar-refractivity contribution >= 4 is 5.91 Å². The van der Waals surface area contributed by atoms with Crippen LogP contribution in [-0.4, -0.2) is 22.9 Å². The van der Waals surface area contributed by atoms with Crippen molar-refractivity contribution in [2.24, 2.45) is 0 Å². The molecule has 0 fully saturated rings. The van der Waals surface area contributed by atoms with Gasteiger partial charge in [0, 0.05) is 12.1 Å². The highest BCUT2D eigenvalue weighted by molar-refractivity contribution is 5.95. The molecule has 0 saturated carbocycles. The van der Waals surface area contributed by atoms with Gasteiger partial charge in [0.25, 0.3) is 5.91 Å². The topological polar surface area (TPSA) is 33.5 Å². The van der Waals surface area contributed by atoms with Gasteiger partial charge in [0.2, 0.25) is 0 Å². The van der Waals surface area contributed by atoms with Crippen molar-refractivity contribution in [1.82, 2.24) is 4.90 Å². The predicted octanol–water partition coefficient (Wildman–Crippen LogP) is 2.85. The highest BCUT2D eigenvalue weighted by Crippen LogP contribution is 2.16. The second-order valence-electron chi connectivity index (χ2n) is 4.29. The van der Waals surface area contributed by atoms with Crippen molar-refractivity contribution in [3.05, 3.63) is 23.7 Å². The molecule has 0 N–H and O–H groups in total. The van der Waals surface area contributed by atoms with Gasteiger partial charge < -0.3 is 9.32 Å². The molecule has 1 heterocycles. The summed E-state index contributed by atoms with van der Waals surface area (Å²) in [5, 5.41) is 0. The van der Waals surface area contributed by atoms with E-state index in [1.165, 1.54) is 0 Å². The van der Waals surface area contributed by atoms with E-state index in [2.05, 4.69) is 0 Å². The summed E-state index contributed by atoms with van der Waals surface area (Å²) in [4.78, 5) is 14.0.